The smallest absolute Gasteiger partial charge is 0.481 e. The van der Waals surface area contributed by atoms with Crippen molar-refractivity contribution in [1.82, 2.24) is 10.6 Å². The summed E-state index contributed by atoms with van der Waals surface area (Å²) in [5, 5.41) is 20.5. The number of carboxylic acids is 2. The van der Waals surface area contributed by atoms with Gasteiger partial charge in [0.1, 0.15) is 12.6 Å². The first-order valence-electron chi connectivity index (χ1n) is 10.6. The van der Waals surface area contributed by atoms with Crippen molar-refractivity contribution < 1.29 is 66.4 Å². The van der Waals surface area contributed by atoms with Crippen LogP contribution in [-0.4, -0.2) is 104 Å². The molecule has 3 amide bonds. The molecule has 6 N–H and O–H groups in total. The first-order chi connectivity index (χ1) is 17.0. The lowest BCUT2D eigenvalue weighted by Crippen LogP contribution is -2.48. The first kappa shape index (κ1) is 35.8. The number of Topliss-reactive ketones (excluding diaryl/α,β-unsaturated/α-hetero) is 1. The maximum Gasteiger partial charge on any atom is 0.490 e. The molecule has 0 rings (SSSR count). The summed E-state index contributed by atoms with van der Waals surface area (Å²) in [4.78, 5) is 66.9. The Labute approximate surface area is 210 Å². The molecule has 17 heteroatoms. The van der Waals surface area contributed by atoms with Gasteiger partial charge in [0.05, 0.1) is 38.9 Å². The minimum atomic E-state index is -5.08. The van der Waals surface area contributed by atoms with Crippen molar-refractivity contribution in [1.29, 1.82) is 0 Å². The molecule has 14 nitrogen and oxygen atoms in total. The summed E-state index contributed by atoms with van der Waals surface area (Å²) >= 11 is 0. The number of hydrogen-bond donors (Lipinski definition) is 5. The van der Waals surface area contributed by atoms with Crippen LogP contribution in [0.15, 0.2) is 0 Å². The summed E-state index contributed by atoms with van der Waals surface area (Å²) in [5.41, 5.74) is 5.06. The lowest BCUT2D eigenvalue weighted by molar-refractivity contribution is -0.192. The van der Waals surface area contributed by atoms with Gasteiger partial charge < -0.3 is 40.8 Å². The number of amides is 3. The fourth-order valence-corrected chi connectivity index (χ4v) is 2.17. The molecule has 0 aliphatic heterocycles. The molecular formula is C20H32F3N3O11. The van der Waals surface area contributed by atoms with E-state index >= 15 is 0 Å². The van der Waals surface area contributed by atoms with Gasteiger partial charge in [-0.3, -0.25) is 24.0 Å². The Morgan fingerprint density at radius 1 is 0.892 bits per heavy atom. The van der Waals surface area contributed by atoms with E-state index in [0.29, 0.717) is 19.8 Å². The van der Waals surface area contributed by atoms with Crippen molar-refractivity contribution >= 4 is 35.4 Å². The molecule has 0 heterocycles. The van der Waals surface area contributed by atoms with E-state index in [-0.39, 0.29) is 19.6 Å². The predicted molar refractivity (Wildman–Crippen MR) is 117 cm³/mol. The molecule has 0 aromatic carbocycles. The van der Waals surface area contributed by atoms with E-state index in [0.717, 1.165) is 0 Å². The van der Waals surface area contributed by atoms with Crippen LogP contribution in [0.5, 0.6) is 0 Å². The number of ketones is 1. The summed E-state index contributed by atoms with van der Waals surface area (Å²) < 4.78 is 46.8. The summed E-state index contributed by atoms with van der Waals surface area (Å²) in [7, 11) is 1.55. The van der Waals surface area contributed by atoms with Crippen LogP contribution in [0.3, 0.4) is 0 Å². The number of carboxylic acid groups (broad SMARTS) is 2. The normalized spacial score (nSPS) is 13.2. The molecule has 0 aromatic rings. The molecular weight excluding hydrogens is 515 g/mol. The van der Waals surface area contributed by atoms with E-state index in [9.17, 15) is 37.1 Å². The average molecular weight is 547 g/mol. The van der Waals surface area contributed by atoms with E-state index in [2.05, 4.69) is 10.6 Å². The second kappa shape index (κ2) is 18.9. The van der Waals surface area contributed by atoms with Crippen LogP contribution in [0.4, 0.5) is 13.2 Å². The van der Waals surface area contributed by atoms with Crippen LogP contribution >= 0.6 is 0 Å². The number of carbonyl (C=O) groups excluding carboxylic acids is 4. The molecule has 0 saturated heterocycles. The largest absolute Gasteiger partial charge is 0.490 e. The van der Waals surface area contributed by atoms with Gasteiger partial charge in [0, 0.05) is 19.4 Å². The predicted octanol–water partition coefficient (Wildman–Crippen LogP) is -1.16. The van der Waals surface area contributed by atoms with Gasteiger partial charge in [-0.05, 0) is 6.92 Å². The highest BCUT2D eigenvalue weighted by molar-refractivity contribution is 5.94. The van der Waals surface area contributed by atoms with Gasteiger partial charge >= 0.3 is 18.1 Å². The number of hydrogen-bond acceptors (Lipinski definition) is 9. The van der Waals surface area contributed by atoms with Crippen molar-refractivity contribution in [3.05, 3.63) is 0 Å². The Bertz CT molecular complexity index is 778. The fraction of sp³-hybridized carbons (Fsp3) is 0.700. The Morgan fingerprint density at radius 3 is 1.86 bits per heavy atom. The van der Waals surface area contributed by atoms with Crippen LogP contribution in [0.25, 0.3) is 0 Å². The number of primary amides is 1. The van der Waals surface area contributed by atoms with Crippen LogP contribution < -0.4 is 16.4 Å². The van der Waals surface area contributed by atoms with E-state index in [4.69, 9.17) is 35.0 Å². The Kier molecular flexibility index (Phi) is 18.3. The zero-order chi connectivity index (χ0) is 29.2. The molecule has 0 unspecified atom stereocenters. The van der Waals surface area contributed by atoms with Gasteiger partial charge in [-0.1, -0.05) is 6.92 Å². The van der Waals surface area contributed by atoms with Gasteiger partial charge in [-0.15, -0.1) is 0 Å². The molecule has 0 saturated carbocycles. The van der Waals surface area contributed by atoms with Gasteiger partial charge in [0.2, 0.25) is 17.7 Å². The number of aliphatic carboxylic acids is 2. The summed E-state index contributed by atoms with van der Waals surface area (Å²) in [6.45, 7) is 4.03. The quantitative estimate of drug-likeness (QED) is 0.137. The van der Waals surface area contributed by atoms with Crippen LogP contribution in [0.1, 0.15) is 26.7 Å². The van der Waals surface area contributed by atoms with Crippen LogP contribution in [0.2, 0.25) is 0 Å². The number of halogens is 3. The molecule has 37 heavy (non-hydrogen) atoms. The van der Waals surface area contributed by atoms with Crippen molar-refractivity contribution in [2.45, 2.75) is 44.9 Å². The zero-order valence-corrected chi connectivity index (χ0v) is 20.5. The topological polar surface area (TPSA) is 221 Å². The van der Waals surface area contributed by atoms with E-state index < -0.39 is 66.0 Å². The van der Waals surface area contributed by atoms with E-state index in [1.165, 1.54) is 13.8 Å². The van der Waals surface area contributed by atoms with Gasteiger partial charge in [-0.25, -0.2) is 4.79 Å². The Hall–Kier alpha value is -3.31. The van der Waals surface area contributed by atoms with Crippen molar-refractivity contribution in [3.63, 3.8) is 0 Å². The molecule has 0 radical (unpaired) electrons. The van der Waals surface area contributed by atoms with Crippen molar-refractivity contribution in [2.75, 3.05) is 40.1 Å². The van der Waals surface area contributed by atoms with Gasteiger partial charge in [-0.2, -0.15) is 13.2 Å². The lowest BCUT2D eigenvalue weighted by Gasteiger charge is -2.18. The molecule has 0 aromatic heterocycles. The highest BCUT2D eigenvalue weighted by Gasteiger charge is 2.38. The maximum absolute atomic E-state index is 12.2. The minimum absolute atomic E-state index is 0.202. The molecule has 0 fully saturated rings. The summed E-state index contributed by atoms with van der Waals surface area (Å²) in [5.74, 6) is -7.51. The van der Waals surface area contributed by atoms with Gasteiger partial charge in [0.15, 0.2) is 5.78 Å². The zero-order valence-electron chi connectivity index (χ0n) is 20.5. The number of ether oxygens (including phenoxy) is 3. The van der Waals surface area contributed by atoms with E-state index in [1.54, 1.807) is 7.11 Å². The number of nitrogens with one attached hydrogen (secondary N) is 2. The molecule has 214 valence electrons. The monoisotopic (exact) mass is 547 g/mol. The standard InChI is InChI=1S/C18H31N3O9.C2HF3O2/c1-11(18(27)21-13(17(19)26)9-16(24)25)8-14(22)12(2)20-15(23)10-30-7-6-29-5-4-28-3;3-2(4,5)1(6)7/h11-13H,4-10H2,1-3H3,(H2,19,26)(H,20,23)(H,21,27)(H,24,25);(H,6,7)/t11-,12+,13+;/m1./s1. The third kappa shape index (κ3) is 19.5. The third-order valence-electron chi connectivity index (χ3n) is 4.13. The van der Waals surface area contributed by atoms with E-state index in [1.807, 2.05) is 0 Å². The Morgan fingerprint density at radius 2 is 1.41 bits per heavy atom. The van der Waals surface area contributed by atoms with Crippen molar-refractivity contribution in [2.24, 2.45) is 11.7 Å². The summed E-state index contributed by atoms with van der Waals surface area (Å²) in [6, 6.07) is -2.24. The number of carbonyl (C=O) groups is 6. The average Bonchev–Trinajstić information content (AvgIpc) is 2.77. The highest BCUT2D eigenvalue weighted by Crippen LogP contribution is 2.13. The first-order valence-corrected chi connectivity index (χ1v) is 10.6. The molecule has 0 aliphatic carbocycles. The molecule has 0 bridgehead atoms. The Balaban J connectivity index is 0. The molecule has 3 atom stereocenters. The third-order valence-corrected chi connectivity index (χ3v) is 4.13. The second-order valence-electron chi connectivity index (χ2n) is 7.38. The van der Waals surface area contributed by atoms with Crippen molar-refractivity contribution in [3.8, 4) is 0 Å². The minimum Gasteiger partial charge on any atom is -0.481 e. The van der Waals surface area contributed by atoms with Crippen LogP contribution in [0, 0.1) is 5.92 Å². The summed E-state index contributed by atoms with van der Waals surface area (Å²) in [6.07, 6.45) is -5.97. The highest BCUT2D eigenvalue weighted by atomic mass is 19.4. The molecule has 0 spiro atoms. The maximum atomic E-state index is 12.2. The number of rotatable bonds is 17. The number of methoxy groups -OCH3 is 1. The lowest BCUT2D eigenvalue weighted by atomic mass is 9.99. The second-order valence-corrected chi connectivity index (χ2v) is 7.38. The SMILES string of the molecule is COCCOCCOCC(=O)N[C@@H](C)C(=O)C[C@@H](C)C(=O)N[C@@H](CC(=O)O)C(N)=O.O=C(O)C(F)(F)F. The van der Waals surface area contributed by atoms with Gasteiger partial charge in [0.25, 0.3) is 0 Å². The van der Waals surface area contributed by atoms with Crippen LogP contribution in [-0.2, 0) is 43.0 Å². The fourth-order valence-electron chi connectivity index (χ4n) is 2.17. The number of alkyl halides is 3. The molecule has 0 aliphatic rings. The number of nitrogens with two attached hydrogens (primary N) is 1.